The summed E-state index contributed by atoms with van der Waals surface area (Å²) in [5.41, 5.74) is 0. The molecule has 0 bridgehead atoms. The fourth-order valence-electron chi connectivity index (χ4n) is 11.4. The van der Waals surface area contributed by atoms with Gasteiger partial charge in [-0.25, -0.2) is 0 Å². The molecule has 0 aliphatic carbocycles. The number of carbonyl (C=O) groups excluding carboxylic acids is 2. The lowest BCUT2D eigenvalue weighted by Gasteiger charge is -2.22. The van der Waals surface area contributed by atoms with Crippen LogP contribution in [-0.2, 0) is 14.3 Å². The average molecular weight is 1090 g/mol. The van der Waals surface area contributed by atoms with E-state index in [0.717, 1.165) is 38.5 Å². The Labute approximate surface area is 482 Å². The number of carbonyl (C=O) groups is 2. The molecule has 0 radical (unpaired) electrons. The standard InChI is InChI=1S/C71H139NO5/c1-3-5-7-9-11-13-15-17-19-36-39-43-47-51-55-59-63-69(74)68(67-73)72-70(75)64-60-56-52-48-44-40-37-33-31-29-27-25-23-21-20-22-24-26-28-30-32-34-38-42-46-50-54-58-62-66-77-71(76)65-61-57-53-49-45-41-35-18-16-14-12-10-8-6-4-2/h20,22,68-69,73-74H,3-19,21,23-67H2,1-2H3,(H,72,75)/b22-20-. The number of aliphatic hydroxyl groups excluding tert-OH is 2. The van der Waals surface area contributed by atoms with Crippen molar-refractivity contribution in [2.24, 2.45) is 0 Å². The van der Waals surface area contributed by atoms with Crippen molar-refractivity contribution >= 4 is 11.9 Å². The second kappa shape index (κ2) is 67.1. The molecule has 0 aromatic heterocycles. The molecule has 0 aromatic carbocycles. The van der Waals surface area contributed by atoms with Crippen LogP contribution in [0.3, 0.4) is 0 Å². The maximum atomic E-state index is 12.5. The third-order valence-electron chi connectivity index (χ3n) is 16.8. The summed E-state index contributed by atoms with van der Waals surface area (Å²) >= 11 is 0. The van der Waals surface area contributed by atoms with Gasteiger partial charge in [0, 0.05) is 12.8 Å². The first-order valence-electron chi connectivity index (χ1n) is 35.4. The van der Waals surface area contributed by atoms with Crippen molar-refractivity contribution in [2.45, 2.75) is 418 Å². The highest BCUT2D eigenvalue weighted by Crippen LogP contribution is 2.19. The number of hydrogen-bond donors (Lipinski definition) is 3. The van der Waals surface area contributed by atoms with Crippen molar-refractivity contribution in [1.82, 2.24) is 5.32 Å². The number of nitrogens with one attached hydrogen (secondary N) is 1. The number of unbranched alkanes of at least 4 members (excludes halogenated alkanes) is 54. The van der Waals surface area contributed by atoms with Crippen LogP contribution in [0.4, 0.5) is 0 Å². The SMILES string of the molecule is CCCCCCCCCCCCCCCCCCC(O)C(CO)NC(=O)CCCCCCCCCCCCCCC/C=C\CCCCCCCCCCCCCCOC(=O)CCCCCCCCCCCCCCCCC. The summed E-state index contributed by atoms with van der Waals surface area (Å²) in [6.07, 6.45) is 82.6. The lowest BCUT2D eigenvalue weighted by Crippen LogP contribution is -2.45. The molecule has 0 aliphatic heterocycles. The summed E-state index contributed by atoms with van der Waals surface area (Å²) in [4.78, 5) is 24.6. The summed E-state index contributed by atoms with van der Waals surface area (Å²) in [5, 5.41) is 23.3. The Kier molecular flexibility index (Phi) is 65.9. The lowest BCUT2D eigenvalue weighted by molar-refractivity contribution is -0.143. The van der Waals surface area contributed by atoms with Crippen molar-refractivity contribution in [3.8, 4) is 0 Å². The molecule has 0 saturated carbocycles. The zero-order chi connectivity index (χ0) is 55.7. The smallest absolute Gasteiger partial charge is 0.305 e. The summed E-state index contributed by atoms with van der Waals surface area (Å²) < 4.78 is 5.50. The van der Waals surface area contributed by atoms with Crippen LogP contribution in [0.2, 0.25) is 0 Å². The van der Waals surface area contributed by atoms with Crippen LogP contribution in [0, 0.1) is 0 Å². The second-order valence-electron chi connectivity index (χ2n) is 24.6. The molecule has 2 atom stereocenters. The molecule has 0 aliphatic rings. The monoisotopic (exact) mass is 1090 g/mol. The molecule has 0 aromatic rings. The molecule has 0 spiro atoms. The number of aliphatic hydroxyl groups is 2. The highest BCUT2D eigenvalue weighted by atomic mass is 16.5. The van der Waals surface area contributed by atoms with E-state index in [1.54, 1.807) is 0 Å². The highest BCUT2D eigenvalue weighted by Gasteiger charge is 2.20. The minimum Gasteiger partial charge on any atom is -0.466 e. The minimum atomic E-state index is -0.663. The molecular weight excluding hydrogens is 947 g/mol. The first-order valence-corrected chi connectivity index (χ1v) is 35.4. The predicted molar refractivity (Wildman–Crippen MR) is 338 cm³/mol. The van der Waals surface area contributed by atoms with E-state index < -0.39 is 12.1 Å². The number of rotatable bonds is 67. The van der Waals surface area contributed by atoms with Crippen molar-refractivity contribution < 1.29 is 24.5 Å². The van der Waals surface area contributed by atoms with Crippen molar-refractivity contribution in [2.75, 3.05) is 13.2 Å². The van der Waals surface area contributed by atoms with Crippen LogP contribution in [0.1, 0.15) is 406 Å². The van der Waals surface area contributed by atoms with Gasteiger partial charge in [0.05, 0.1) is 25.4 Å². The Morgan fingerprint density at radius 3 is 0.922 bits per heavy atom. The van der Waals surface area contributed by atoms with Crippen LogP contribution in [0.25, 0.3) is 0 Å². The summed E-state index contributed by atoms with van der Waals surface area (Å²) in [5.74, 6) is -0.0101. The van der Waals surface area contributed by atoms with Gasteiger partial charge in [-0.05, 0) is 51.4 Å². The van der Waals surface area contributed by atoms with Crippen LogP contribution < -0.4 is 5.32 Å². The van der Waals surface area contributed by atoms with Gasteiger partial charge in [-0.3, -0.25) is 9.59 Å². The van der Waals surface area contributed by atoms with Crippen molar-refractivity contribution in [3.63, 3.8) is 0 Å². The molecule has 3 N–H and O–H groups in total. The number of amides is 1. The summed E-state index contributed by atoms with van der Waals surface area (Å²) in [6.45, 7) is 5.00. The normalized spacial score (nSPS) is 12.5. The van der Waals surface area contributed by atoms with Gasteiger partial charge >= 0.3 is 5.97 Å². The molecule has 6 nitrogen and oxygen atoms in total. The average Bonchev–Trinajstić information content (AvgIpc) is 3.43. The molecule has 1 amide bonds. The summed E-state index contributed by atoms with van der Waals surface area (Å²) in [7, 11) is 0. The zero-order valence-corrected chi connectivity index (χ0v) is 52.5. The Balaban J connectivity index is 3.35. The van der Waals surface area contributed by atoms with Gasteiger partial charge in [-0.1, -0.05) is 353 Å². The lowest BCUT2D eigenvalue weighted by atomic mass is 10.0. The zero-order valence-electron chi connectivity index (χ0n) is 52.5. The van der Waals surface area contributed by atoms with Gasteiger partial charge < -0.3 is 20.3 Å². The van der Waals surface area contributed by atoms with E-state index in [2.05, 4.69) is 31.3 Å². The van der Waals surface area contributed by atoms with E-state index in [-0.39, 0.29) is 18.5 Å². The van der Waals surface area contributed by atoms with Crippen LogP contribution >= 0.6 is 0 Å². The second-order valence-corrected chi connectivity index (χ2v) is 24.6. The maximum absolute atomic E-state index is 12.5. The number of allylic oxidation sites excluding steroid dienone is 2. The quantitative estimate of drug-likeness (QED) is 0.0320. The minimum absolute atomic E-state index is 0.0204. The van der Waals surface area contributed by atoms with E-state index in [1.165, 1.54) is 334 Å². The van der Waals surface area contributed by atoms with E-state index in [1.807, 2.05) is 0 Å². The van der Waals surface area contributed by atoms with Gasteiger partial charge in [0.1, 0.15) is 0 Å². The third kappa shape index (κ3) is 63.6. The van der Waals surface area contributed by atoms with E-state index in [9.17, 15) is 19.8 Å². The fourth-order valence-corrected chi connectivity index (χ4v) is 11.4. The first-order chi connectivity index (χ1) is 38.0. The number of hydrogen-bond acceptors (Lipinski definition) is 5. The Morgan fingerprint density at radius 1 is 0.351 bits per heavy atom. The van der Waals surface area contributed by atoms with E-state index in [0.29, 0.717) is 25.9 Å². The number of ether oxygens (including phenoxy) is 1. The van der Waals surface area contributed by atoms with Crippen molar-refractivity contribution in [3.05, 3.63) is 12.2 Å². The third-order valence-corrected chi connectivity index (χ3v) is 16.8. The molecule has 2 unspecified atom stereocenters. The van der Waals surface area contributed by atoms with Crippen LogP contribution in [0.5, 0.6) is 0 Å². The summed E-state index contributed by atoms with van der Waals surface area (Å²) in [6, 6.07) is -0.540. The van der Waals surface area contributed by atoms with Crippen molar-refractivity contribution in [1.29, 1.82) is 0 Å². The molecule has 0 saturated heterocycles. The molecule has 458 valence electrons. The maximum Gasteiger partial charge on any atom is 0.305 e. The Morgan fingerprint density at radius 2 is 0.610 bits per heavy atom. The number of esters is 1. The van der Waals surface area contributed by atoms with Gasteiger partial charge in [-0.2, -0.15) is 0 Å². The largest absolute Gasteiger partial charge is 0.466 e. The van der Waals surface area contributed by atoms with Crippen LogP contribution in [0.15, 0.2) is 12.2 Å². The van der Waals surface area contributed by atoms with Crippen LogP contribution in [-0.4, -0.2) is 47.4 Å². The molecule has 6 heteroatoms. The van der Waals surface area contributed by atoms with E-state index in [4.69, 9.17) is 4.74 Å². The Bertz CT molecular complexity index is 1160. The first kappa shape index (κ1) is 75.6. The van der Waals surface area contributed by atoms with Gasteiger partial charge in [-0.15, -0.1) is 0 Å². The fraction of sp³-hybridized carbons (Fsp3) is 0.944. The van der Waals surface area contributed by atoms with Gasteiger partial charge in [0.2, 0.25) is 5.91 Å². The Hall–Kier alpha value is -1.40. The molecule has 0 fully saturated rings. The molecule has 0 rings (SSSR count). The topological polar surface area (TPSA) is 95.9 Å². The molecular formula is C71H139NO5. The van der Waals surface area contributed by atoms with E-state index >= 15 is 0 Å². The molecule has 0 heterocycles. The predicted octanol–water partition coefficient (Wildman–Crippen LogP) is 22.8. The van der Waals surface area contributed by atoms with Gasteiger partial charge in [0.15, 0.2) is 0 Å². The molecule has 77 heavy (non-hydrogen) atoms. The highest BCUT2D eigenvalue weighted by molar-refractivity contribution is 5.76. The van der Waals surface area contributed by atoms with Gasteiger partial charge in [0.25, 0.3) is 0 Å².